The number of aromatic nitrogens is 3. The Kier molecular flexibility index (Phi) is 6.24. The number of primary amides is 1. The molecule has 1 aliphatic rings. The first-order valence-corrected chi connectivity index (χ1v) is 12.1. The van der Waals surface area contributed by atoms with Crippen molar-refractivity contribution in [3.05, 3.63) is 52.9 Å². The number of rotatable bonds is 5. The SMILES string of the molecule is Cc1cc(Nc2nccc(C(C)(C)C)n2)cc(-c2cnc(C3(O)CCC(C(N)=O)CC3)s2)c1. The van der Waals surface area contributed by atoms with Crippen molar-refractivity contribution in [2.24, 2.45) is 11.7 Å². The van der Waals surface area contributed by atoms with Gasteiger partial charge in [-0.25, -0.2) is 15.0 Å². The number of carbonyl (C=O) groups excluding carboxylic acids is 1. The molecule has 4 rings (SSSR count). The molecular formula is C25H31N5O2S. The van der Waals surface area contributed by atoms with Crippen LogP contribution in [0.1, 0.15) is 62.7 Å². The third-order valence-corrected chi connectivity index (χ3v) is 7.40. The monoisotopic (exact) mass is 465 g/mol. The van der Waals surface area contributed by atoms with Crippen LogP contribution in [0.15, 0.2) is 36.7 Å². The van der Waals surface area contributed by atoms with Gasteiger partial charge in [-0.3, -0.25) is 4.79 Å². The van der Waals surface area contributed by atoms with Gasteiger partial charge in [0.1, 0.15) is 10.6 Å². The maximum Gasteiger partial charge on any atom is 0.227 e. The minimum atomic E-state index is -0.999. The molecule has 1 aliphatic carbocycles. The van der Waals surface area contributed by atoms with Crippen LogP contribution in [0.5, 0.6) is 0 Å². The number of hydrogen-bond acceptors (Lipinski definition) is 7. The lowest BCUT2D eigenvalue weighted by molar-refractivity contribution is -0.124. The summed E-state index contributed by atoms with van der Waals surface area (Å²) in [7, 11) is 0. The van der Waals surface area contributed by atoms with Gasteiger partial charge in [0.2, 0.25) is 11.9 Å². The van der Waals surface area contributed by atoms with Crippen LogP contribution in [0, 0.1) is 12.8 Å². The summed E-state index contributed by atoms with van der Waals surface area (Å²) in [4.78, 5) is 26.0. The van der Waals surface area contributed by atoms with E-state index in [1.165, 1.54) is 11.3 Å². The normalized spacial score (nSPS) is 21.1. The van der Waals surface area contributed by atoms with E-state index < -0.39 is 5.60 Å². The minimum absolute atomic E-state index is 0.0625. The highest BCUT2D eigenvalue weighted by Gasteiger charge is 2.38. The summed E-state index contributed by atoms with van der Waals surface area (Å²) >= 11 is 1.49. The first kappa shape index (κ1) is 23.3. The van der Waals surface area contributed by atoms with Crippen molar-refractivity contribution in [3.63, 3.8) is 0 Å². The quantitative estimate of drug-likeness (QED) is 0.498. The summed E-state index contributed by atoms with van der Waals surface area (Å²) in [6.07, 6.45) is 5.76. The Balaban J connectivity index is 1.56. The van der Waals surface area contributed by atoms with E-state index in [0.29, 0.717) is 36.6 Å². The van der Waals surface area contributed by atoms with Crippen LogP contribution in [0.2, 0.25) is 0 Å². The Morgan fingerprint density at radius 1 is 1.21 bits per heavy atom. The van der Waals surface area contributed by atoms with Gasteiger partial charge < -0.3 is 16.2 Å². The van der Waals surface area contributed by atoms with Gasteiger partial charge in [-0.05, 0) is 61.9 Å². The van der Waals surface area contributed by atoms with Crippen LogP contribution < -0.4 is 11.1 Å². The highest BCUT2D eigenvalue weighted by atomic mass is 32.1. The van der Waals surface area contributed by atoms with Gasteiger partial charge in [0.25, 0.3) is 0 Å². The van der Waals surface area contributed by atoms with E-state index in [2.05, 4.69) is 53.2 Å². The van der Waals surface area contributed by atoms with Crippen LogP contribution in [0.4, 0.5) is 11.6 Å². The number of hydrogen-bond donors (Lipinski definition) is 3. The Morgan fingerprint density at radius 3 is 2.61 bits per heavy atom. The van der Waals surface area contributed by atoms with E-state index in [9.17, 15) is 9.90 Å². The predicted octanol–water partition coefficient (Wildman–Crippen LogP) is 4.81. The largest absolute Gasteiger partial charge is 0.383 e. The van der Waals surface area contributed by atoms with Crippen molar-refractivity contribution >= 4 is 28.9 Å². The molecule has 7 nitrogen and oxygen atoms in total. The molecule has 1 saturated carbocycles. The molecular weight excluding hydrogens is 434 g/mol. The van der Waals surface area contributed by atoms with Crippen molar-refractivity contribution in [1.82, 2.24) is 15.0 Å². The molecule has 1 fully saturated rings. The van der Waals surface area contributed by atoms with Gasteiger partial charge in [-0.15, -0.1) is 11.3 Å². The molecule has 4 N–H and O–H groups in total. The van der Waals surface area contributed by atoms with Gasteiger partial charge in [-0.1, -0.05) is 26.8 Å². The first-order chi connectivity index (χ1) is 15.5. The summed E-state index contributed by atoms with van der Waals surface area (Å²) in [5.74, 6) is 0.118. The van der Waals surface area contributed by atoms with Crippen LogP contribution in [-0.2, 0) is 15.8 Å². The van der Waals surface area contributed by atoms with Gasteiger partial charge in [0.15, 0.2) is 0 Å². The van der Waals surface area contributed by atoms with Crippen LogP contribution in [0.25, 0.3) is 10.4 Å². The maximum atomic E-state index is 11.5. The third-order valence-electron chi connectivity index (χ3n) is 6.16. The molecule has 1 amide bonds. The molecule has 2 heterocycles. The smallest absolute Gasteiger partial charge is 0.227 e. The summed E-state index contributed by atoms with van der Waals surface area (Å²) in [6, 6.07) is 8.14. The number of nitrogens with one attached hydrogen (secondary N) is 1. The van der Waals surface area contributed by atoms with E-state index in [1.54, 1.807) is 6.20 Å². The Bertz CT molecular complexity index is 1160. The van der Waals surface area contributed by atoms with Crippen molar-refractivity contribution in [2.45, 2.75) is 64.4 Å². The van der Waals surface area contributed by atoms with Crippen LogP contribution >= 0.6 is 11.3 Å². The number of nitrogens with two attached hydrogens (primary N) is 1. The zero-order valence-corrected chi connectivity index (χ0v) is 20.4. The number of carbonyl (C=O) groups is 1. The lowest BCUT2D eigenvalue weighted by Crippen LogP contribution is -2.35. The number of anilines is 2. The second kappa shape index (κ2) is 8.83. The average Bonchev–Trinajstić information content (AvgIpc) is 3.25. The van der Waals surface area contributed by atoms with Crippen molar-refractivity contribution < 1.29 is 9.90 Å². The van der Waals surface area contributed by atoms with E-state index in [1.807, 2.05) is 25.3 Å². The van der Waals surface area contributed by atoms with Gasteiger partial charge in [-0.2, -0.15) is 0 Å². The molecule has 0 aliphatic heterocycles. The second-order valence-corrected chi connectivity index (χ2v) is 11.0. The van der Waals surface area contributed by atoms with Crippen molar-refractivity contribution in [1.29, 1.82) is 0 Å². The molecule has 8 heteroatoms. The van der Waals surface area contributed by atoms with Crippen molar-refractivity contribution in [2.75, 3.05) is 5.32 Å². The molecule has 0 spiro atoms. The zero-order chi connectivity index (χ0) is 23.8. The predicted molar refractivity (Wildman–Crippen MR) is 131 cm³/mol. The fraction of sp³-hybridized carbons (Fsp3) is 0.440. The Morgan fingerprint density at radius 2 is 1.94 bits per heavy atom. The molecule has 0 bridgehead atoms. The molecule has 3 aromatic rings. The molecule has 2 aromatic heterocycles. The molecule has 0 atom stereocenters. The van der Waals surface area contributed by atoms with E-state index in [4.69, 9.17) is 5.73 Å². The Hall–Kier alpha value is -2.84. The maximum absolute atomic E-state index is 11.5. The second-order valence-electron chi connectivity index (χ2n) is 9.97. The van der Waals surface area contributed by atoms with E-state index >= 15 is 0 Å². The standard InChI is InChI=1S/C25H31N5O2S/c1-15-11-17(13-18(12-15)29-23-27-10-7-20(30-23)24(2,3)4)19-14-28-22(33-19)25(32)8-5-16(6-9-25)21(26)31/h7,10-14,16,32H,5-6,8-9H2,1-4H3,(H2,26,31)(H,27,29,30). The minimum Gasteiger partial charge on any atom is -0.383 e. The summed E-state index contributed by atoms with van der Waals surface area (Å²) in [5.41, 5.74) is 8.36. The van der Waals surface area contributed by atoms with Gasteiger partial charge >= 0.3 is 0 Å². The highest BCUT2D eigenvalue weighted by molar-refractivity contribution is 7.15. The van der Waals surface area contributed by atoms with E-state index in [0.717, 1.165) is 27.4 Å². The summed E-state index contributed by atoms with van der Waals surface area (Å²) < 4.78 is 0. The van der Waals surface area contributed by atoms with Gasteiger partial charge in [0.05, 0.1) is 10.6 Å². The highest BCUT2D eigenvalue weighted by Crippen LogP contribution is 2.42. The number of amides is 1. The van der Waals surface area contributed by atoms with Crippen molar-refractivity contribution in [3.8, 4) is 10.4 Å². The van der Waals surface area contributed by atoms with Crippen LogP contribution in [-0.4, -0.2) is 26.0 Å². The molecule has 0 unspecified atom stereocenters. The van der Waals surface area contributed by atoms with Gasteiger partial charge in [0, 0.05) is 29.4 Å². The lowest BCUT2D eigenvalue weighted by atomic mass is 9.79. The molecule has 1 aromatic carbocycles. The number of benzene rings is 1. The Labute approximate surface area is 198 Å². The fourth-order valence-electron chi connectivity index (χ4n) is 4.18. The summed E-state index contributed by atoms with van der Waals surface area (Å²) in [6.45, 7) is 8.42. The molecule has 0 radical (unpaired) electrons. The lowest BCUT2D eigenvalue weighted by Gasteiger charge is -2.33. The molecule has 174 valence electrons. The average molecular weight is 466 g/mol. The number of aliphatic hydroxyl groups is 1. The zero-order valence-electron chi connectivity index (χ0n) is 19.6. The molecule has 0 saturated heterocycles. The summed E-state index contributed by atoms with van der Waals surface area (Å²) in [5, 5.41) is 15.2. The number of thiazole rings is 1. The fourth-order valence-corrected chi connectivity index (χ4v) is 5.23. The third kappa shape index (κ3) is 5.23. The number of nitrogens with zero attached hydrogens (tertiary/aromatic N) is 3. The topological polar surface area (TPSA) is 114 Å². The van der Waals surface area contributed by atoms with Crippen LogP contribution in [0.3, 0.4) is 0 Å². The van der Waals surface area contributed by atoms with E-state index in [-0.39, 0.29) is 17.2 Å². The first-order valence-electron chi connectivity index (χ1n) is 11.2. The molecule has 33 heavy (non-hydrogen) atoms. The number of aryl methyl sites for hydroxylation is 1.